The molecule has 3 rings (SSSR count). The lowest BCUT2D eigenvalue weighted by molar-refractivity contribution is 0.0983. The van der Waals surface area contributed by atoms with Crippen molar-refractivity contribution in [2.45, 2.75) is 21.1 Å². The van der Waals surface area contributed by atoms with Gasteiger partial charge in [-0.1, -0.05) is 23.9 Å². The molecule has 2 aromatic carbocycles. The molecule has 0 aromatic heterocycles. The van der Waals surface area contributed by atoms with E-state index in [1.807, 2.05) is 32.3 Å². The number of sulfonamides is 1. The number of carbonyl (C=O) groups is 1. The lowest BCUT2D eigenvalue weighted by atomic mass is 10.1. The molecule has 2 N–H and O–H groups in total. The van der Waals surface area contributed by atoms with Crippen LogP contribution in [0.15, 0.2) is 57.2 Å². The first-order valence-electron chi connectivity index (χ1n) is 8.18. The summed E-state index contributed by atoms with van der Waals surface area (Å²) in [5.41, 5.74) is 1.33. The molecule has 0 unspecified atom stereocenters. The van der Waals surface area contributed by atoms with Gasteiger partial charge in [0, 0.05) is 16.3 Å². The number of benzene rings is 2. The number of hydrogen-bond donors (Lipinski definition) is 1. The Balaban J connectivity index is 2.08. The van der Waals surface area contributed by atoms with Crippen LogP contribution in [0, 0.1) is 0 Å². The summed E-state index contributed by atoms with van der Waals surface area (Å²) in [6.45, 7) is 1.40. The van der Waals surface area contributed by atoms with Crippen molar-refractivity contribution in [1.82, 2.24) is 4.90 Å². The number of primary sulfonamides is 1. The van der Waals surface area contributed by atoms with Crippen LogP contribution >= 0.6 is 11.8 Å². The van der Waals surface area contributed by atoms with E-state index in [9.17, 15) is 13.2 Å². The van der Waals surface area contributed by atoms with E-state index in [1.54, 1.807) is 23.1 Å². The van der Waals surface area contributed by atoms with E-state index in [4.69, 9.17) is 5.14 Å². The summed E-state index contributed by atoms with van der Waals surface area (Å²) in [6, 6.07) is 12.0. The molecule has 138 valence electrons. The SMILES string of the molecule is CN(C)CCCN1C(=O)c2ccccc2Sc2cc(S(N)(=O)=O)ccc21. The van der Waals surface area contributed by atoms with Gasteiger partial charge in [-0.15, -0.1) is 0 Å². The molecule has 1 aliphatic heterocycles. The summed E-state index contributed by atoms with van der Waals surface area (Å²) in [4.78, 5) is 18.5. The number of nitrogens with zero attached hydrogens (tertiary/aromatic N) is 2. The van der Waals surface area contributed by atoms with Crippen LogP contribution in [0.3, 0.4) is 0 Å². The quantitative estimate of drug-likeness (QED) is 0.846. The molecule has 0 saturated heterocycles. The number of fused-ring (bicyclic) bond motifs is 2. The Bertz CT molecular complexity index is 942. The van der Waals surface area contributed by atoms with Gasteiger partial charge in [-0.05, 0) is 57.4 Å². The summed E-state index contributed by atoms with van der Waals surface area (Å²) in [6.07, 6.45) is 0.807. The number of anilines is 1. The van der Waals surface area contributed by atoms with Crippen molar-refractivity contribution in [3.63, 3.8) is 0 Å². The number of carbonyl (C=O) groups excluding carboxylic acids is 1. The molecule has 6 nitrogen and oxygen atoms in total. The van der Waals surface area contributed by atoms with E-state index >= 15 is 0 Å². The smallest absolute Gasteiger partial charge is 0.259 e. The van der Waals surface area contributed by atoms with Crippen molar-refractivity contribution >= 4 is 33.4 Å². The maximum absolute atomic E-state index is 13.1. The lowest BCUT2D eigenvalue weighted by Crippen LogP contribution is -2.33. The van der Waals surface area contributed by atoms with Crippen molar-refractivity contribution in [1.29, 1.82) is 0 Å². The Morgan fingerprint density at radius 2 is 1.85 bits per heavy atom. The first-order chi connectivity index (χ1) is 12.3. The molecule has 0 spiro atoms. The molecule has 2 aromatic rings. The summed E-state index contributed by atoms with van der Waals surface area (Å²) in [5.74, 6) is -0.0750. The van der Waals surface area contributed by atoms with E-state index < -0.39 is 10.0 Å². The highest BCUT2D eigenvalue weighted by molar-refractivity contribution is 7.99. The number of hydrogen-bond acceptors (Lipinski definition) is 5. The molecule has 1 aliphatic rings. The maximum Gasteiger partial charge on any atom is 0.259 e. The lowest BCUT2D eigenvalue weighted by Gasteiger charge is -2.24. The van der Waals surface area contributed by atoms with Gasteiger partial charge >= 0.3 is 0 Å². The third-order valence-corrected chi connectivity index (χ3v) is 6.15. The Morgan fingerprint density at radius 1 is 1.12 bits per heavy atom. The maximum atomic E-state index is 13.1. The Hall–Kier alpha value is -1.87. The fourth-order valence-corrected chi connectivity index (χ4v) is 4.58. The van der Waals surface area contributed by atoms with Crippen LogP contribution in [0.25, 0.3) is 0 Å². The standard InChI is InChI=1S/C18H21N3O3S2/c1-20(2)10-5-11-21-15-9-8-13(26(19,23)24)12-17(15)25-16-7-4-3-6-14(16)18(21)22/h3-4,6-9,12H,5,10-11H2,1-2H3,(H2,19,23,24). The van der Waals surface area contributed by atoms with Crippen molar-refractivity contribution in [3.8, 4) is 0 Å². The van der Waals surface area contributed by atoms with E-state index in [0.717, 1.165) is 17.9 Å². The van der Waals surface area contributed by atoms with Gasteiger partial charge in [0.25, 0.3) is 5.91 Å². The number of nitrogens with two attached hydrogens (primary N) is 1. The minimum Gasteiger partial charge on any atom is -0.309 e. The minimum atomic E-state index is -3.81. The van der Waals surface area contributed by atoms with Gasteiger partial charge < -0.3 is 9.80 Å². The number of amides is 1. The molecule has 0 saturated carbocycles. The monoisotopic (exact) mass is 391 g/mol. The highest BCUT2D eigenvalue weighted by atomic mass is 32.2. The molecule has 0 aliphatic carbocycles. The third-order valence-electron chi connectivity index (χ3n) is 4.12. The van der Waals surface area contributed by atoms with Crippen LogP contribution in [-0.2, 0) is 10.0 Å². The molecule has 0 radical (unpaired) electrons. The van der Waals surface area contributed by atoms with Crippen molar-refractivity contribution in [2.75, 3.05) is 32.1 Å². The van der Waals surface area contributed by atoms with Gasteiger partial charge in [0.05, 0.1) is 16.1 Å². The molecule has 0 bridgehead atoms. The van der Waals surface area contributed by atoms with Gasteiger partial charge in [0.15, 0.2) is 0 Å². The summed E-state index contributed by atoms with van der Waals surface area (Å²) >= 11 is 1.39. The first kappa shape index (κ1) is 18.9. The second-order valence-electron chi connectivity index (χ2n) is 6.39. The van der Waals surface area contributed by atoms with Crippen LogP contribution < -0.4 is 10.0 Å². The molecule has 1 amide bonds. The van der Waals surface area contributed by atoms with Gasteiger partial charge in [-0.2, -0.15) is 0 Å². The molecular weight excluding hydrogens is 370 g/mol. The van der Waals surface area contributed by atoms with Crippen LogP contribution in [0.1, 0.15) is 16.8 Å². The van der Waals surface area contributed by atoms with E-state index in [-0.39, 0.29) is 10.8 Å². The predicted molar refractivity (Wildman–Crippen MR) is 103 cm³/mol. The Kier molecular flexibility index (Phi) is 5.38. The average Bonchev–Trinajstić information content (AvgIpc) is 2.69. The largest absolute Gasteiger partial charge is 0.309 e. The molecule has 0 fully saturated rings. The van der Waals surface area contributed by atoms with Crippen molar-refractivity contribution in [2.24, 2.45) is 5.14 Å². The summed E-state index contributed by atoms with van der Waals surface area (Å²) in [7, 11) is 0.167. The zero-order chi connectivity index (χ0) is 18.9. The zero-order valence-electron chi connectivity index (χ0n) is 14.7. The molecule has 1 heterocycles. The Morgan fingerprint density at radius 3 is 2.54 bits per heavy atom. The minimum absolute atomic E-state index is 0.0452. The average molecular weight is 392 g/mol. The fraction of sp³-hybridized carbons (Fsp3) is 0.278. The van der Waals surface area contributed by atoms with Gasteiger partial charge in [0.2, 0.25) is 10.0 Å². The molecule has 0 atom stereocenters. The molecule has 26 heavy (non-hydrogen) atoms. The van der Waals surface area contributed by atoms with Crippen molar-refractivity contribution < 1.29 is 13.2 Å². The number of rotatable bonds is 5. The third kappa shape index (κ3) is 3.93. The summed E-state index contributed by atoms with van der Waals surface area (Å²) in [5, 5.41) is 5.28. The zero-order valence-corrected chi connectivity index (χ0v) is 16.3. The topological polar surface area (TPSA) is 83.7 Å². The van der Waals surface area contributed by atoms with Crippen LogP contribution in [0.5, 0.6) is 0 Å². The van der Waals surface area contributed by atoms with Crippen LogP contribution in [0.2, 0.25) is 0 Å². The highest BCUT2D eigenvalue weighted by Gasteiger charge is 2.27. The highest BCUT2D eigenvalue weighted by Crippen LogP contribution is 2.42. The van der Waals surface area contributed by atoms with E-state index in [0.29, 0.717) is 22.7 Å². The van der Waals surface area contributed by atoms with Crippen LogP contribution in [-0.4, -0.2) is 46.4 Å². The van der Waals surface area contributed by atoms with E-state index in [2.05, 4.69) is 4.90 Å². The van der Waals surface area contributed by atoms with Crippen molar-refractivity contribution in [3.05, 3.63) is 48.0 Å². The second kappa shape index (κ2) is 7.40. The molecule has 8 heteroatoms. The van der Waals surface area contributed by atoms with Gasteiger partial charge in [-0.3, -0.25) is 4.79 Å². The normalized spacial score (nSPS) is 14.2. The fourth-order valence-electron chi connectivity index (χ4n) is 2.85. The van der Waals surface area contributed by atoms with Crippen LogP contribution in [0.4, 0.5) is 5.69 Å². The second-order valence-corrected chi connectivity index (χ2v) is 9.03. The Labute approximate surface area is 158 Å². The van der Waals surface area contributed by atoms with Gasteiger partial charge in [0.1, 0.15) is 0 Å². The first-order valence-corrected chi connectivity index (χ1v) is 10.5. The predicted octanol–water partition coefficient (Wildman–Crippen LogP) is 2.40. The summed E-state index contributed by atoms with van der Waals surface area (Å²) < 4.78 is 23.5. The van der Waals surface area contributed by atoms with E-state index in [1.165, 1.54) is 17.8 Å². The molecular formula is C18H21N3O3S2. The van der Waals surface area contributed by atoms with Gasteiger partial charge in [-0.25, -0.2) is 13.6 Å².